The summed E-state index contributed by atoms with van der Waals surface area (Å²) >= 11 is 0. The molecule has 0 bridgehead atoms. The maximum Gasteiger partial charge on any atom is 0.272 e. The second-order valence-corrected chi connectivity index (χ2v) is 8.49. The minimum absolute atomic E-state index is 0.0504. The molecule has 6 nitrogen and oxygen atoms in total. The van der Waals surface area contributed by atoms with E-state index < -0.39 is 0 Å². The molecular weight excluding hydrogens is 364 g/mol. The third kappa shape index (κ3) is 3.66. The number of nitrogens with zero attached hydrogens (tertiary/aromatic N) is 3. The topological polar surface area (TPSA) is 61.5 Å². The normalized spacial score (nSPS) is 25.3. The molecule has 1 N–H and O–H groups in total. The molecule has 156 valence electrons. The first kappa shape index (κ1) is 20.0. The number of ether oxygens (including phenoxy) is 1. The molecule has 0 saturated carbocycles. The molecule has 0 radical (unpaired) electrons. The van der Waals surface area contributed by atoms with Crippen LogP contribution in [0.25, 0.3) is 11.3 Å². The number of aromatic amines is 1. The standard InChI is InChI=1S/C23H32N4O2/c1-4-29-20-11-6-5-10-17(20)18-16-19(25-24-18)22(28)27-15-9-13-23(2)21(27)12-7-8-14-26(23)3/h5-6,10-11,16,21H,4,7-9,12-15H2,1-3H3,(H,24,25)/t21-,23-/m0/s1. The van der Waals surface area contributed by atoms with Gasteiger partial charge in [-0.3, -0.25) is 14.8 Å². The van der Waals surface area contributed by atoms with Crippen LogP contribution in [0.4, 0.5) is 0 Å². The molecule has 0 spiro atoms. The Labute approximate surface area is 173 Å². The highest BCUT2D eigenvalue weighted by molar-refractivity contribution is 5.94. The summed E-state index contributed by atoms with van der Waals surface area (Å²) in [4.78, 5) is 18.0. The molecule has 2 aliphatic heterocycles. The summed E-state index contributed by atoms with van der Waals surface area (Å²) in [6.45, 7) is 6.82. The van der Waals surface area contributed by atoms with Gasteiger partial charge in [-0.1, -0.05) is 18.6 Å². The quantitative estimate of drug-likeness (QED) is 0.850. The minimum Gasteiger partial charge on any atom is -0.493 e. The van der Waals surface area contributed by atoms with Gasteiger partial charge >= 0.3 is 0 Å². The van der Waals surface area contributed by atoms with E-state index in [0.29, 0.717) is 12.3 Å². The monoisotopic (exact) mass is 396 g/mol. The Bertz CT molecular complexity index is 864. The van der Waals surface area contributed by atoms with E-state index in [9.17, 15) is 4.79 Å². The van der Waals surface area contributed by atoms with Gasteiger partial charge in [-0.25, -0.2) is 0 Å². The Hall–Kier alpha value is -2.34. The Kier molecular flexibility index (Phi) is 5.63. The number of para-hydroxylation sites is 1. The number of carbonyl (C=O) groups is 1. The smallest absolute Gasteiger partial charge is 0.272 e. The van der Waals surface area contributed by atoms with E-state index in [1.807, 2.05) is 37.3 Å². The first-order valence-electron chi connectivity index (χ1n) is 10.8. The van der Waals surface area contributed by atoms with Gasteiger partial charge < -0.3 is 9.64 Å². The lowest BCUT2D eigenvalue weighted by atomic mass is 9.80. The number of H-pyrrole nitrogens is 1. The van der Waals surface area contributed by atoms with Gasteiger partial charge in [-0.15, -0.1) is 0 Å². The largest absolute Gasteiger partial charge is 0.493 e. The molecule has 2 aromatic rings. The Morgan fingerprint density at radius 2 is 2.10 bits per heavy atom. The summed E-state index contributed by atoms with van der Waals surface area (Å²) in [6, 6.07) is 9.95. The van der Waals surface area contributed by atoms with Crippen LogP contribution in [0.3, 0.4) is 0 Å². The summed E-state index contributed by atoms with van der Waals surface area (Å²) < 4.78 is 5.73. The van der Waals surface area contributed by atoms with Crippen molar-refractivity contribution in [3.05, 3.63) is 36.0 Å². The van der Waals surface area contributed by atoms with Gasteiger partial charge in [-0.2, -0.15) is 5.10 Å². The molecule has 6 heteroatoms. The zero-order valence-electron chi connectivity index (χ0n) is 17.8. The van der Waals surface area contributed by atoms with Crippen LogP contribution in [0, 0.1) is 0 Å². The molecule has 1 aromatic heterocycles. The summed E-state index contributed by atoms with van der Waals surface area (Å²) in [5.41, 5.74) is 2.26. The van der Waals surface area contributed by atoms with Crippen molar-refractivity contribution in [3.63, 3.8) is 0 Å². The summed E-state index contributed by atoms with van der Waals surface area (Å²) in [6.07, 6.45) is 5.63. The maximum atomic E-state index is 13.5. The molecule has 2 saturated heterocycles. The fraction of sp³-hybridized carbons (Fsp3) is 0.565. The molecule has 1 amide bonds. The third-order valence-electron chi connectivity index (χ3n) is 6.80. The van der Waals surface area contributed by atoms with Crippen LogP contribution < -0.4 is 4.74 Å². The van der Waals surface area contributed by atoms with Crippen LogP contribution in [0.15, 0.2) is 30.3 Å². The van der Waals surface area contributed by atoms with Crippen molar-refractivity contribution in [1.82, 2.24) is 20.0 Å². The maximum absolute atomic E-state index is 13.5. The highest BCUT2D eigenvalue weighted by Crippen LogP contribution is 2.38. The van der Waals surface area contributed by atoms with Crippen LogP contribution in [0.2, 0.25) is 0 Å². The molecule has 3 heterocycles. The third-order valence-corrected chi connectivity index (χ3v) is 6.80. The summed E-state index contributed by atoms with van der Waals surface area (Å²) in [5.74, 6) is 0.848. The number of hydrogen-bond donors (Lipinski definition) is 1. The first-order valence-corrected chi connectivity index (χ1v) is 10.8. The molecule has 2 fully saturated rings. The Morgan fingerprint density at radius 1 is 1.28 bits per heavy atom. The van der Waals surface area contributed by atoms with E-state index in [-0.39, 0.29) is 17.5 Å². The van der Waals surface area contributed by atoms with E-state index in [1.165, 1.54) is 12.8 Å². The van der Waals surface area contributed by atoms with Gasteiger partial charge in [0.2, 0.25) is 0 Å². The van der Waals surface area contributed by atoms with Gasteiger partial charge in [0.05, 0.1) is 18.3 Å². The number of likely N-dealkylation sites (tertiary alicyclic amines) is 2. The average Bonchev–Trinajstić information content (AvgIpc) is 3.16. The van der Waals surface area contributed by atoms with E-state index in [4.69, 9.17) is 4.74 Å². The van der Waals surface area contributed by atoms with Crippen molar-refractivity contribution in [2.75, 3.05) is 26.7 Å². The van der Waals surface area contributed by atoms with Crippen molar-refractivity contribution in [1.29, 1.82) is 0 Å². The van der Waals surface area contributed by atoms with Crippen LogP contribution in [0.5, 0.6) is 5.75 Å². The van der Waals surface area contributed by atoms with Crippen molar-refractivity contribution in [3.8, 4) is 17.0 Å². The van der Waals surface area contributed by atoms with Gasteiger partial charge in [-0.05, 0) is 71.3 Å². The summed E-state index contributed by atoms with van der Waals surface area (Å²) in [7, 11) is 2.21. The number of benzene rings is 1. The predicted octanol–water partition coefficient (Wildman–Crippen LogP) is 3.95. The van der Waals surface area contributed by atoms with Crippen LogP contribution >= 0.6 is 0 Å². The number of nitrogens with one attached hydrogen (secondary N) is 1. The Balaban J connectivity index is 1.61. The number of rotatable bonds is 4. The molecule has 29 heavy (non-hydrogen) atoms. The Morgan fingerprint density at radius 3 is 2.93 bits per heavy atom. The van der Waals surface area contributed by atoms with Crippen molar-refractivity contribution in [2.24, 2.45) is 0 Å². The zero-order valence-corrected chi connectivity index (χ0v) is 17.8. The molecular formula is C23H32N4O2. The average molecular weight is 397 g/mol. The second kappa shape index (κ2) is 8.19. The van der Waals surface area contributed by atoms with Crippen molar-refractivity contribution >= 4 is 5.91 Å². The minimum atomic E-state index is 0.0504. The second-order valence-electron chi connectivity index (χ2n) is 8.49. The number of amides is 1. The number of hydrogen-bond acceptors (Lipinski definition) is 4. The number of carbonyl (C=O) groups excluding carboxylic acids is 1. The molecule has 2 atom stereocenters. The fourth-order valence-corrected chi connectivity index (χ4v) is 5.05. The molecule has 0 unspecified atom stereocenters. The van der Waals surface area contributed by atoms with E-state index >= 15 is 0 Å². The predicted molar refractivity (Wildman–Crippen MR) is 114 cm³/mol. The number of likely N-dealkylation sites (N-methyl/N-ethyl adjacent to an activating group) is 1. The van der Waals surface area contributed by atoms with Crippen molar-refractivity contribution in [2.45, 2.75) is 57.5 Å². The number of aromatic nitrogens is 2. The van der Waals surface area contributed by atoms with E-state index in [2.05, 4.69) is 34.0 Å². The first-order chi connectivity index (χ1) is 14.0. The molecule has 0 aliphatic carbocycles. The lowest BCUT2D eigenvalue weighted by molar-refractivity contribution is -0.00366. The molecule has 2 aliphatic rings. The number of fused-ring (bicyclic) bond motifs is 1. The SMILES string of the molecule is CCOc1ccccc1-c1cc(C(=O)N2CCC[C@@]3(C)[C@@H]2CCCCN3C)[nH]n1. The fourth-order valence-electron chi connectivity index (χ4n) is 5.05. The van der Waals surface area contributed by atoms with Crippen LogP contribution in [-0.2, 0) is 0 Å². The highest BCUT2D eigenvalue weighted by Gasteiger charge is 2.46. The lowest BCUT2D eigenvalue weighted by Crippen LogP contribution is -2.63. The molecule has 1 aromatic carbocycles. The van der Waals surface area contributed by atoms with Crippen LogP contribution in [-0.4, -0.2) is 64.2 Å². The van der Waals surface area contributed by atoms with Gasteiger partial charge in [0, 0.05) is 17.6 Å². The van der Waals surface area contributed by atoms with E-state index in [1.54, 1.807) is 0 Å². The number of piperidine rings is 1. The summed E-state index contributed by atoms with van der Waals surface area (Å²) in [5, 5.41) is 7.43. The highest BCUT2D eigenvalue weighted by atomic mass is 16.5. The van der Waals surface area contributed by atoms with Crippen LogP contribution in [0.1, 0.15) is 56.4 Å². The van der Waals surface area contributed by atoms with Crippen molar-refractivity contribution < 1.29 is 9.53 Å². The molecule has 4 rings (SSSR count). The van der Waals surface area contributed by atoms with Gasteiger partial charge in [0.25, 0.3) is 5.91 Å². The van der Waals surface area contributed by atoms with Gasteiger partial charge in [0.1, 0.15) is 11.4 Å². The zero-order chi connectivity index (χ0) is 20.4. The lowest BCUT2D eigenvalue weighted by Gasteiger charge is -2.51. The van der Waals surface area contributed by atoms with E-state index in [0.717, 1.165) is 49.4 Å². The van der Waals surface area contributed by atoms with Gasteiger partial charge in [0.15, 0.2) is 0 Å².